The van der Waals surface area contributed by atoms with Crippen molar-refractivity contribution in [1.29, 1.82) is 5.26 Å². The summed E-state index contributed by atoms with van der Waals surface area (Å²) in [6.45, 7) is 1.59. The average molecular weight is 305 g/mol. The Kier molecular flexibility index (Phi) is 3.39. The lowest BCUT2D eigenvalue weighted by molar-refractivity contribution is -0.385. The zero-order valence-electron chi connectivity index (χ0n) is 12.2. The lowest BCUT2D eigenvalue weighted by Gasteiger charge is -2.05. The molecule has 0 amide bonds. The van der Waals surface area contributed by atoms with Gasteiger partial charge in [0, 0.05) is 28.8 Å². The number of para-hydroxylation sites is 1. The van der Waals surface area contributed by atoms with E-state index < -0.39 is 4.92 Å². The van der Waals surface area contributed by atoms with Crippen LogP contribution in [-0.4, -0.2) is 15.4 Å². The predicted molar refractivity (Wildman–Crippen MR) is 84.2 cm³/mol. The van der Waals surface area contributed by atoms with E-state index in [0.717, 1.165) is 0 Å². The summed E-state index contributed by atoms with van der Waals surface area (Å²) >= 11 is 0. The molecule has 0 unspecified atom stereocenters. The second-order valence-electron chi connectivity index (χ2n) is 5.11. The number of nitrogens with zero attached hydrogens (tertiary/aromatic N) is 3. The van der Waals surface area contributed by atoms with E-state index >= 15 is 0 Å². The second kappa shape index (κ2) is 5.39. The lowest BCUT2D eigenvalue weighted by Crippen LogP contribution is -2.11. The third kappa shape index (κ3) is 2.34. The Balaban J connectivity index is 2.13. The average Bonchev–Trinajstić information content (AvgIpc) is 2.92. The van der Waals surface area contributed by atoms with Crippen molar-refractivity contribution < 1.29 is 9.72 Å². The summed E-state index contributed by atoms with van der Waals surface area (Å²) in [5.74, 6) is -0.333. The molecular weight excluding hydrogens is 294 g/mol. The molecular formula is C17H11N3O3. The highest BCUT2D eigenvalue weighted by atomic mass is 16.6. The van der Waals surface area contributed by atoms with Crippen molar-refractivity contribution in [3.05, 3.63) is 75.5 Å². The van der Waals surface area contributed by atoms with E-state index in [4.69, 9.17) is 0 Å². The Morgan fingerprint density at radius 2 is 2.00 bits per heavy atom. The number of benzene rings is 2. The van der Waals surface area contributed by atoms with Crippen LogP contribution in [0, 0.1) is 28.4 Å². The maximum Gasteiger partial charge on any atom is 0.272 e. The van der Waals surface area contributed by atoms with E-state index in [1.807, 2.05) is 0 Å². The third-order valence-corrected chi connectivity index (χ3v) is 3.69. The number of nitro groups is 1. The molecule has 6 heteroatoms. The number of hydrogen-bond donors (Lipinski definition) is 0. The monoisotopic (exact) mass is 305 g/mol. The largest absolute Gasteiger partial charge is 0.282 e. The molecule has 0 saturated heterocycles. The molecule has 6 nitrogen and oxygen atoms in total. The highest BCUT2D eigenvalue weighted by Crippen LogP contribution is 2.24. The van der Waals surface area contributed by atoms with Crippen LogP contribution in [0.4, 0.5) is 5.69 Å². The molecule has 1 aromatic heterocycles. The van der Waals surface area contributed by atoms with E-state index in [0.29, 0.717) is 27.6 Å². The van der Waals surface area contributed by atoms with Gasteiger partial charge in [0.2, 0.25) is 0 Å². The minimum Gasteiger partial charge on any atom is -0.282 e. The number of nitriles is 1. The fourth-order valence-corrected chi connectivity index (χ4v) is 2.57. The van der Waals surface area contributed by atoms with Crippen LogP contribution < -0.4 is 0 Å². The molecule has 0 aliphatic carbocycles. The highest BCUT2D eigenvalue weighted by Gasteiger charge is 2.18. The Labute approximate surface area is 131 Å². The molecule has 23 heavy (non-hydrogen) atoms. The lowest BCUT2D eigenvalue weighted by atomic mass is 10.1. The molecule has 0 saturated carbocycles. The Bertz CT molecular complexity index is 996. The molecule has 1 heterocycles. The molecule has 0 atom stereocenters. The minimum atomic E-state index is -0.484. The van der Waals surface area contributed by atoms with Crippen molar-refractivity contribution in [3.63, 3.8) is 0 Å². The molecule has 0 spiro atoms. The molecule has 0 aliphatic rings. The number of carbonyl (C=O) groups is 1. The third-order valence-electron chi connectivity index (χ3n) is 3.69. The zero-order valence-corrected chi connectivity index (χ0v) is 12.2. The Hall–Kier alpha value is -3.46. The van der Waals surface area contributed by atoms with Crippen LogP contribution in [0.25, 0.3) is 10.9 Å². The first-order valence-electron chi connectivity index (χ1n) is 6.83. The quantitative estimate of drug-likeness (QED) is 0.536. The van der Waals surface area contributed by atoms with Gasteiger partial charge in [-0.15, -0.1) is 0 Å². The summed E-state index contributed by atoms with van der Waals surface area (Å²) < 4.78 is 1.40. The second-order valence-corrected chi connectivity index (χ2v) is 5.11. The van der Waals surface area contributed by atoms with E-state index in [1.165, 1.54) is 29.0 Å². The first-order chi connectivity index (χ1) is 11.0. The van der Waals surface area contributed by atoms with Crippen LogP contribution in [0.15, 0.2) is 48.7 Å². The summed E-state index contributed by atoms with van der Waals surface area (Å²) in [5, 5.41) is 20.8. The number of rotatable bonds is 2. The van der Waals surface area contributed by atoms with Crippen LogP contribution in [0.2, 0.25) is 0 Å². The van der Waals surface area contributed by atoms with E-state index in [1.54, 1.807) is 31.2 Å². The number of carbonyl (C=O) groups excluding carboxylic acids is 1. The van der Waals surface area contributed by atoms with Crippen molar-refractivity contribution >= 4 is 22.5 Å². The normalized spacial score (nSPS) is 10.4. The molecule has 112 valence electrons. The maximum atomic E-state index is 12.7. The first kappa shape index (κ1) is 14.5. The van der Waals surface area contributed by atoms with Gasteiger partial charge in [0.05, 0.1) is 16.0 Å². The summed E-state index contributed by atoms with van der Waals surface area (Å²) in [6.07, 6.45) is 1.49. The number of nitro benzene ring substituents is 1. The topological polar surface area (TPSA) is 88.9 Å². The summed E-state index contributed by atoms with van der Waals surface area (Å²) in [6, 6.07) is 13.4. The van der Waals surface area contributed by atoms with Crippen molar-refractivity contribution in [2.24, 2.45) is 0 Å². The molecule has 0 fully saturated rings. The number of fused-ring (bicyclic) bond motifs is 1. The molecule has 0 radical (unpaired) electrons. The molecule has 0 bridgehead atoms. The van der Waals surface area contributed by atoms with Gasteiger partial charge in [-0.1, -0.05) is 18.2 Å². The van der Waals surface area contributed by atoms with Crippen LogP contribution >= 0.6 is 0 Å². The fourth-order valence-electron chi connectivity index (χ4n) is 2.57. The molecule has 2 aromatic carbocycles. The van der Waals surface area contributed by atoms with Gasteiger partial charge >= 0.3 is 0 Å². The Morgan fingerprint density at radius 1 is 1.26 bits per heavy atom. The number of hydrogen-bond acceptors (Lipinski definition) is 4. The SMILES string of the molecule is Cc1cc(C(=O)n2cc(C#N)c3ccccc32)ccc1[N+](=O)[O-]. The predicted octanol–water partition coefficient (Wildman–Crippen LogP) is 3.42. The Morgan fingerprint density at radius 3 is 2.65 bits per heavy atom. The fraction of sp³-hybridized carbons (Fsp3) is 0.0588. The number of aryl methyl sites for hydroxylation is 1. The molecule has 3 aromatic rings. The van der Waals surface area contributed by atoms with Gasteiger partial charge in [-0.3, -0.25) is 19.5 Å². The van der Waals surface area contributed by atoms with Gasteiger partial charge in [0.15, 0.2) is 0 Å². The van der Waals surface area contributed by atoms with Gasteiger partial charge in [-0.25, -0.2) is 0 Å². The van der Waals surface area contributed by atoms with Gasteiger partial charge in [0.25, 0.3) is 11.6 Å². The smallest absolute Gasteiger partial charge is 0.272 e. The minimum absolute atomic E-state index is 0.0309. The highest BCUT2D eigenvalue weighted by molar-refractivity contribution is 6.03. The van der Waals surface area contributed by atoms with Crippen LogP contribution in [0.1, 0.15) is 21.5 Å². The number of aromatic nitrogens is 1. The van der Waals surface area contributed by atoms with Crippen LogP contribution in [0.3, 0.4) is 0 Å². The summed E-state index contributed by atoms with van der Waals surface area (Å²) in [4.78, 5) is 23.1. The van der Waals surface area contributed by atoms with Gasteiger partial charge in [-0.05, 0) is 25.1 Å². The van der Waals surface area contributed by atoms with Gasteiger partial charge < -0.3 is 0 Å². The van der Waals surface area contributed by atoms with E-state index in [-0.39, 0.29) is 11.6 Å². The summed E-state index contributed by atoms with van der Waals surface area (Å²) in [7, 11) is 0. The molecule has 3 rings (SSSR count). The molecule has 0 aliphatic heterocycles. The molecule has 0 N–H and O–H groups in total. The van der Waals surface area contributed by atoms with Gasteiger partial charge in [0.1, 0.15) is 6.07 Å². The van der Waals surface area contributed by atoms with Gasteiger partial charge in [-0.2, -0.15) is 5.26 Å². The van der Waals surface area contributed by atoms with Crippen LogP contribution in [0.5, 0.6) is 0 Å². The van der Waals surface area contributed by atoms with E-state index in [2.05, 4.69) is 6.07 Å². The van der Waals surface area contributed by atoms with Crippen LogP contribution in [-0.2, 0) is 0 Å². The first-order valence-corrected chi connectivity index (χ1v) is 6.83. The zero-order chi connectivity index (χ0) is 16.6. The van der Waals surface area contributed by atoms with Crippen molar-refractivity contribution in [1.82, 2.24) is 4.57 Å². The van der Waals surface area contributed by atoms with Crippen molar-refractivity contribution in [3.8, 4) is 6.07 Å². The van der Waals surface area contributed by atoms with E-state index in [9.17, 15) is 20.2 Å². The summed E-state index contributed by atoms with van der Waals surface area (Å²) in [5.41, 5.74) is 1.76. The standard InChI is InChI=1S/C17H11N3O3/c1-11-8-12(6-7-15(11)20(22)23)17(21)19-10-13(9-18)14-4-2-3-5-16(14)19/h2-8,10H,1H3. The van der Waals surface area contributed by atoms with Crippen molar-refractivity contribution in [2.45, 2.75) is 6.92 Å². The van der Waals surface area contributed by atoms with Crippen molar-refractivity contribution in [2.75, 3.05) is 0 Å². The maximum absolute atomic E-state index is 12.7.